The van der Waals surface area contributed by atoms with E-state index in [1.54, 1.807) is 35.7 Å². The van der Waals surface area contributed by atoms with Gasteiger partial charge in [0.1, 0.15) is 6.04 Å². The minimum absolute atomic E-state index is 0.0540. The Kier molecular flexibility index (Phi) is 10.7. The van der Waals surface area contributed by atoms with Gasteiger partial charge in [-0.25, -0.2) is 0 Å². The fraction of sp³-hybridized carbons (Fsp3) is 0.417. The average molecular weight is 481 g/mol. The molecule has 0 radical (unpaired) electrons. The molecule has 4 nitrogen and oxygen atoms in total. The number of nitrogens with zero attached hydrogens (tertiary/aromatic N) is 1. The number of hydrogen-bond acceptors (Lipinski definition) is 3. The third-order valence-corrected chi connectivity index (χ3v) is 6.85. The number of thioether (sulfide) groups is 1. The number of benzene rings is 2. The first kappa shape index (κ1) is 25.6. The van der Waals surface area contributed by atoms with Crippen molar-refractivity contribution in [2.24, 2.45) is 0 Å². The van der Waals surface area contributed by atoms with E-state index in [1.165, 1.54) is 5.56 Å². The number of carbonyl (C=O) groups is 2. The largest absolute Gasteiger partial charge is 0.352 e. The molecular formula is C24H30Cl2N2O2S. The van der Waals surface area contributed by atoms with E-state index in [4.69, 9.17) is 23.2 Å². The molecule has 0 aromatic heterocycles. The van der Waals surface area contributed by atoms with E-state index in [-0.39, 0.29) is 17.9 Å². The molecule has 0 bridgehead atoms. The Morgan fingerprint density at radius 3 is 2.39 bits per heavy atom. The fourth-order valence-corrected chi connectivity index (χ4v) is 4.16. The van der Waals surface area contributed by atoms with Crippen molar-refractivity contribution >= 4 is 46.8 Å². The summed E-state index contributed by atoms with van der Waals surface area (Å²) in [5.41, 5.74) is 2.07. The summed E-state index contributed by atoms with van der Waals surface area (Å²) < 4.78 is 0. The van der Waals surface area contributed by atoms with Gasteiger partial charge in [0, 0.05) is 30.5 Å². The lowest BCUT2D eigenvalue weighted by Crippen LogP contribution is -2.49. The highest BCUT2D eigenvalue weighted by atomic mass is 35.5. The molecule has 0 aliphatic carbocycles. The molecule has 2 aromatic carbocycles. The molecule has 0 aliphatic heterocycles. The van der Waals surface area contributed by atoms with Crippen molar-refractivity contribution in [3.05, 3.63) is 69.7 Å². The summed E-state index contributed by atoms with van der Waals surface area (Å²) in [4.78, 5) is 27.4. The van der Waals surface area contributed by atoms with Gasteiger partial charge in [-0.05, 0) is 43.5 Å². The van der Waals surface area contributed by atoms with Crippen LogP contribution in [0.1, 0.15) is 44.7 Å². The van der Waals surface area contributed by atoms with Gasteiger partial charge in [0.05, 0.1) is 10.0 Å². The first-order valence-electron chi connectivity index (χ1n) is 10.5. The number of halogens is 2. The average Bonchev–Trinajstić information content (AvgIpc) is 2.77. The quantitative estimate of drug-likeness (QED) is 0.404. The third kappa shape index (κ3) is 8.40. The molecule has 0 saturated carbocycles. The monoisotopic (exact) mass is 480 g/mol. The van der Waals surface area contributed by atoms with Gasteiger partial charge in [-0.1, -0.05) is 66.5 Å². The minimum atomic E-state index is -0.588. The first-order chi connectivity index (χ1) is 14.8. The van der Waals surface area contributed by atoms with Crippen LogP contribution in [0.2, 0.25) is 10.0 Å². The summed E-state index contributed by atoms with van der Waals surface area (Å²) >= 11 is 13.9. The summed E-state index contributed by atoms with van der Waals surface area (Å²) in [6, 6.07) is 14.9. The summed E-state index contributed by atoms with van der Waals surface area (Å²) in [5, 5.41) is 3.87. The standard InChI is InChI=1S/C24H30Cl2N2O2S/c1-4-17(2)27-24(30)18(3)28(15-20-10-11-21(25)22(26)14-20)23(29)12-13-31-16-19-8-6-5-7-9-19/h5-11,14,17-18H,4,12-13,15-16H2,1-3H3,(H,27,30)/t17-,18+/m0/s1. The molecule has 2 rings (SSSR count). The molecule has 7 heteroatoms. The zero-order valence-corrected chi connectivity index (χ0v) is 20.6. The summed E-state index contributed by atoms with van der Waals surface area (Å²) in [7, 11) is 0. The highest BCUT2D eigenvalue weighted by Crippen LogP contribution is 2.24. The maximum absolute atomic E-state index is 13.1. The van der Waals surface area contributed by atoms with E-state index < -0.39 is 6.04 Å². The molecule has 2 aromatic rings. The van der Waals surface area contributed by atoms with E-state index in [2.05, 4.69) is 17.4 Å². The fourth-order valence-electron chi connectivity index (χ4n) is 2.95. The van der Waals surface area contributed by atoms with Crippen LogP contribution in [0.5, 0.6) is 0 Å². The maximum Gasteiger partial charge on any atom is 0.242 e. The van der Waals surface area contributed by atoms with Crippen LogP contribution in [0.15, 0.2) is 48.5 Å². The smallest absolute Gasteiger partial charge is 0.242 e. The van der Waals surface area contributed by atoms with Gasteiger partial charge in [-0.2, -0.15) is 11.8 Å². The zero-order chi connectivity index (χ0) is 22.8. The topological polar surface area (TPSA) is 49.4 Å². The summed E-state index contributed by atoms with van der Waals surface area (Å²) in [5.74, 6) is 1.33. The van der Waals surface area contributed by atoms with E-state index in [9.17, 15) is 9.59 Å². The lowest BCUT2D eigenvalue weighted by molar-refractivity contribution is -0.140. The van der Waals surface area contributed by atoms with Crippen molar-refractivity contribution in [1.29, 1.82) is 0 Å². The van der Waals surface area contributed by atoms with Crippen molar-refractivity contribution in [2.45, 2.75) is 58.0 Å². The maximum atomic E-state index is 13.1. The number of carbonyl (C=O) groups excluding carboxylic acids is 2. The molecule has 2 amide bonds. The van der Waals surface area contributed by atoms with Gasteiger partial charge < -0.3 is 10.2 Å². The first-order valence-corrected chi connectivity index (χ1v) is 12.4. The second-order valence-corrected chi connectivity index (χ2v) is 9.47. The second kappa shape index (κ2) is 13.0. The van der Waals surface area contributed by atoms with Crippen LogP contribution in [0.3, 0.4) is 0 Å². The van der Waals surface area contributed by atoms with Gasteiger partial charge in [-0.3, -0.25) is 9.59 Å². The SMILES string of the molecule is CC[C@H](C)NC(=O)[C@@H](C)N(Cc1ccc(Cl)c(Cl)c1)C(=O)CCSCc1ccccc1. The summed E-state index contributed by atoms with van der Waals surface area (Å²) in [6.07, 6.45) is 1.19. The van der Waals surface area contributed by atoms with Crippen LogP contribution < -0.4 is 5.32 Å². The van der Waals surface area contributed by atoms with Crippen molar-refractivity contribution < 1.29 is 9.59 Å². The lowest BCUT2D eigenvalue weighted by atomic mass is 10.1. The molecule has 0 saturated heterocycles. The Morgan fingerprint density at radius 2 is 1.74 bits per heavy atom. The third-order valence-electron chi connectivity index (χ3n) is 5.08. The Morgan fingerprint density at radius 1 is 1.03 bits per heavy atom. The number of hydrogen-bond donors (Lipinski definition) is 1. The summed E-state index contributed by atoms with van der Waals surface area (Å²) in [6.45, 7) is 6.03. The van der Waals surface area contributed by atoms with Crippen molar-refractivity contribution in [2.75, 3.05) is 5.75 Å². The van der Waals surface area contributed by atoms with Gasteiger partial charge in [-0.15, -0.1) is 0 Å². The van der Waals surface area contributed by atoms with Crippen LogP contribution in [-0.4, -0.2) is 34.6 Å². The molecule has 0 aliphatic rings. The molecule has 0 fully saturated rings. The minimum Gasteiger partial charge on any atom is -0.352 e. The zero-order valence-electron chi connectivity index (χ0n) is 18.2. The molecule has 168 valence electrons. The predicted molar refractivity (Wildman–Crippen MR) is 132 cm³/mol. The molecular weight excluding hydrogens is 451 g/mol. The van der Waals surface area contributed by atoms with Crippen LogP contribution in [-0.2, 0) is 21.9 Å². The number of rotatable bonds is 11. The highest BCUT2D eigenvalue weighted by Gasteiger charge is 2.26. The van der Waals surface area contributed by atoms with Gasteiger partial charge >= 0.3 is 0 Å². The second-order valence-electron chi connectivity index (χ2n) is 7.55. The molecule has 31 heavy (non-hydrogen) atoms. The normalized spacial score (nSPS) is 12.8. The molecule has 0 spiro atoms. The molecule has 1 N–H and O–H groups in total. The van der Waals surface area contributed by atoms with Crippen molar-refractivity contribution in [3.63, 3.8) is 0 Å². The number of nitrogens with one attached hydrogen (secondary N) is 1. The Hall–Kier alpha value is -1.69. The van der Waals surface area contributed by atoms with E-state index in [0.29, 0.717) is 28.8 Å². The van der Waals surface area contributed by atoms with E-state index in [0.717, 1.165) is 17.7 Å². The lowest BCUT2D eigenvalue weighted by Gasteiger charge is -2.30. The Balaban J connectivity index is 2.04. The molecule has 0 unspecified atom stereocenters. The van der Waals surface area contributed by atoms with Gasteiger partial charge in [0.25, 0.3) is 0 Å². The van der Waals surface area contributed by atoms with E-state index >= 15 is 0 Å². The van der Waals surface area contributed by atoms with Crippen LogP contribution >= 0.6 is 35.0 Å². The predicted octanol–water partition coefficient (Wildman–Crippen LogP) is 5.95. The van der Waals surface area contributed by atoms with Crippen molar-refractivity contribution in [1.82, 2.24) is 10.2 Å². The highest BCUT2D eigenvalue weighted by molar-refractivity contribution is 7.98. The number of amides is 2. The van der Waals surface area contributed by atoms with E-state index in [1.807, 2.05) is 38.1 Å². The van der Waals surface area contributed by atoms with Crippen LogP contribution in [0.4, 0.5) is 0 Å². The molecule has 2 atom stereocenters. The Bertz CT molecular complexity index is 864. The van der Waals surface area contributed by atoms with Gasteiger partial charge in [0.15, 0.2) is 0 Å². The van der Waals surface area contributed by atoms with Crippen LogP contribution in [0.25, 0.3) is 0 Å². The van der Waals surface area contributed by atoms with Crippen LogP contribution in [0, 0.1) is 0 Å². The van der Waals surface area contributed by atoms with Crippen molar-refractivity contribution in [3.8, 4) is 0 Å². The molecule has 0 heterocycles. The van der Waals surface area contributed by atoms with Gasteiger partial charge in [0.2, 0.25) is 11.8 Å². The Labute approximate surface area is 199 Å².